The Morgan fingerprint density at radius 1 is 0.737 bits per heavy atom. The van der Waals surface area contributed by atoms with Crippen molar-refractivity contribution in [2.24, 2.45) is 44.6 Å². The maximum absolute atomic E-state index is 12.9. The first kappa shape index (κ1) is 33.8. The summed E-state index contributed by atoms with van der Waals surface area (Å²) < 4.78 is 0. The van der Waals surface area contributed by atoms with E-state index in [-0.39, 0.29) is 44.3 Å². The molecule has 0 rings (SSSR count). The zero-order valence-corrected chi connectivity index (χ0v) is 21.6. The van der Waals surface area contributed by atoms with Gasteiger partial charge in [0.1, 0.15) is 18.1 Å². The molecule has 0 heterocycles. The van der Waals surface area contributed by atoms with E-state index in [1.54, 1.807) is 13.8 Å². The highest BCUT2D eigenvalue weighted by atomic mass is 16.4. The third-order valence-corrected chi connectivity index (χ3v) is 5.12. The Morgan fingerprint density at radius 2 is 1.21 bits per heavy atom. The lowest BCUT2D eigenvalue weighted by Crippen LogP contribution is -2.58. The molecule has 17 heteroatoms. The van der Waals surface area contributed by atoms with E-state index in [0.717, 1.165) is 0 Å². The minimum Gasteiger partial charge on any atom is -0.481 e. The summed E-state index contributed by atoms with van der Waals surface area (Å²) in [5.74, 6) is -6.04. The van der Waals surface area contributed by atoms with Crippen molar-refractivity contribution in [2.75, 3.05) is 13.1 Å². The zero-order valence-electron chi connectivity index (χ0n) is 21.6. The topological polar surface area (TPSA) is 317 Å². The normalized spacial score (nSPS) is 13.8. The first-order chi connectivity index (χ1) is 17.6. The highest BCUT2D eigenvalue weighted by Crippen LogP contribution is 2.06. The van der Waals surface area contributed by atoms with Gasteiger partial charge in [-0.25, -0.2) is 4.79 Å². The second-order valence-electron chi connectivity index (χ2n) is 8.79. The molecular weight excluding hydrogens is 504 g/mol. The van der Waals surface area contributed by atoms with Crippen LogP contribution in [0.25, 0.3) is 0 Å². The van der Waals surface area contributed by atoms with Gasteiger partial charge in [-0.1, -0.05) is 13.8 Å². The lowest BCUT2D eigenvalue weighted by Gasteiger charge is -2.25. The van der Waals surface area contributed by atoms with Crippen LogP contribution >= 0.6 is 0 Å². The fourth-order valence-corrected chi connectivity index (χ4v) is 3.13. The Kier molecular flexibility index (Phi) is 15.4. The molecule has 17 nitrogen and oxygen atoms in total. The number of carbonyl (C=O) groups is 5. The number of hydrogen-bond acceptors (Lipinski definition) is 8. The van der Waals surface area contributed by atoms with Crippen molar-refractivity contribution in [2.45, 2.75) is 70.1 Å². The molecule has 0 aromatic carbocycles. The van der Waals surface area contributed by atoms with Crippen molar-refractivity contribution in [1.82, 2.24) is 16.0 Å². The first-order valence-corrected chi connectivity index (χ1v) is 11.9. The van der Waals surface area contributed by atoms with E-state index in [4.69, 9.17) is 28.7 Å². The van der Waals surface area contributed by atoms with Gasteiger partial charge in [-0.2, -0.15) is 0 Å². The van der Waals surface area contributed by atoms with E-state index < -0.39 is 66.2 Å². The molecule has 38 heavy (non-hydrogen) atoms. The summed E-state index contributed by atoms with van der Waals surface area (Å²) in [6, 6.07) is -5.18. The second-order valence-corrected chi connectivity index (χ2v) is 8.79. The van der Waals surface area contributed by atoms with Crippen LogP contribution in [0.3, 0.4) is 0 Å². The molecule has 0 radical (unpaired) electrons. The van der Waals surface area contributed by atoms with Crippen LogP contribution in [0.2, 0.25) is 0 Å². The number of aliphatic imine (C=N–C) groups is 2. The Bertz CT molecular complexity index is 886. The van der Waals surface area contributed by atoms with E-state index in [1.807, 2.05) is 0 Å². The molecule has 0 bridgehead atoms. The van der Waals surface area contributed by atoms with E-state index in [9.17, 15) is 34.2 Å². The molecule has 0 fully saturated rings. The van der Waals surface area contributed by atoms with Gasteiger partial charge < -0.3 is 54.8 Å². The molecule has 0 spiro atoms. The number of nitrogens with two attached hydrogens (primary N) is 5. The molecule has 4 atom stereocenters. The molecular formula is C21H40N10O7. The summed E-state index contributed by atoms with van der Waals surface area (Å²) in [5, 5.41) is 25.6. The fraction of sp³-hybridized carbons (Fsp3) is 0.667. The van der Waals surface area contributed by atoms with Crippen LogP contribution in [0.4, 0.5) is 0 Å². The number of carboxylic acid groups (broad SMARTS) is 2. The number of hydrogen-bond donors (Lipinski definition) is 10. The lowest BCUT2D eigenvalue weighted by molar-refractivity contribution is -0.144. The van der Waals surface area contributed by atoms with Crippen LogP contribution in [-0.4, -0.2) is 89.0 Å². The molecule has 0 aromatic rings. The van der Waals surface area contributed by atoms with Gasteiger partial charge in [0.25, 0.3) is 0 Å². The van der Waals surface area contributed by atoms with Crippen LogP contribution in [-0.2, 0) is 24.0 Å². The molecule has 0 aromatic heterocycles. The van der Waals surface area contributed by atoms with Gasteiger partial charge in [-0.15, -0.1) is 0 Å². The monoisotopic (exact) mass is 544 g/mol. The van der Waals surface area contributed by atoms with E-state index in [1.165, 1.54) is 0 Å². The molecule has 0 aliphatic rings. The minimum atomic E-state index is -1.57. The van der Waals surface area contributed by atoms with Crippen molar-refractivity contribution in [3.8, 4) is 0 Å². The highest BCUT2D eigenvalue weighted by molar-refractivity contribution is 5.95. The summed E-state index contributed by atoms with van der Waals surface area (Å²) in [4.78, 5) is 68.7. The number of guanidine groups is 2. The molecule has 0 aliphatic carbocycles. The first-order valence-electron chi connectivity index (χ1n) is 11.9. The Morgan fingerprint density at radius 3 is 1.66 bits per heavy atom. The smallest absolute Gasteiger partial charge is 0.326 e. The number of amides is 3. The lowest BCUT2D eigenvalue weighted by atomic mass is 10.0. The quantitative estimate of drug-likeness (QED) is 0.0449. The molecule has 4 unspecified atom stereocenters. The minimum absolute atomic E-state index is 0.0170. The largest absolute Gasteiger partial charge is 0.481 e. The fourth-order valence-electron chi connectivity index (χ4n) is 3.13. The number of nitrogens with zero attached hydrogens (tertiary/aromatic N) is 2. The second kappa shape index (κ2) is 17.3. The molecule has 3 amide bonds. The predicted octanol–water partition coefficient (Wildman–Crippen LogP) is -3.91. The highest BCUT2D eigenvalue weighted by Gasteiger charge is 2.32. The molecule has 0 aliphatic heterocycles. The van der Waals surface area contributed by atoms with Gasteiger partial charge in [-0.05, 0) is 31.6 Å². The standard InChI is InChI=1S/C21H40N10O7/c1-10(2)15(19(37)38)31-17(35)12(6-4-8-28-21(25)26)29-18(36)13(9-14(32)33)30-16(34)11(22)5-3-7-27-20(23)24/h10-13,15H,3-9,22H2,1-2H3,(H,29,36)(H,30,34)(H,31,35)(H,32,33)(H,37,38)(H4,23,24,27)(H4,25,26,28). The maximum Gasteiger partial charge on any atom is 0.326 e. The van der Waals surface area contributed by atoms with Crippen molar-refractivity contribution in [3.63, 3.8) is 0 Å². The molecule has 216 valence electrons. The van der Waals surface area contributed by atoms with Crippen LogP contribution in [0.15, 0.2) is 9.98 Å². The number of aliphatic carboxylic acids is 2. The molecule has 0 saturated carbocycles. The van der Waals surface area contributed by atoms with Gasteiger partial charge in [0.2, 0.25) is 17.7 Å². The predicted molar refractivity (Wildman–Crippen MR) is 138 cm³/mol. The van der Waals surface area contributed by atoms with Crippen LogP contribution in [0.5, 0.6) is 0 Å². The van der Waals surface area contributed by atoms with Crippen molar-refractivity contribution in [1.29, 1.82) is 0 Å². The van der Waals surface area contributed by atoms with Crippen molar-refractivity contribution in [3.05, 3.63) is 0 Å². The number of rotatable bonds is 18. The average Bonchev–Trinajstić information content (AvgIpc) is 2.80. The number of carboxylic acids is 2. The summed E-state index contributed by atoms with van der Waals surface area (Å²) in [5.41, 5.74) is 26.8. The number of nitrogens with one attached hydrogen (secondary N) is 3. The van der Waals surface area contributed by atoms with Crippen molar-refractivity contribution >= 4 is 41.6 Å². The van der Waals surface area contributed by atoms with Gasteiger partial charge >= 0.3 is 11.9 Å². The van der Waals surface area contributed by atoms with Gasteiger partial charge in [0.05, 0.1) is 12.5 Å². The molecule has 0 saturated heterocycles. The van der Waals surface area contributed by atoms with E-state index in [2.05, 4.69) is 25.9 Å². The third kappa shape index (κ3) is 14.4. The average molecular weight is 545 g/mol. The summed E-state index contributed by atoms with van der Waals surface area (Å²) in [6.07, 6.45) is -0.111. The SMILES string of the molecule is CC(C)C(NC(=O)C(CCCN=C(N)N)NC(=O)C(CC(=O)O)NC(=O)C(N)CCCN=C(N)N)C(=O)O. The van der Waals surface area contributed by atoms with Crippen LogP contribution in [0.1, 0.15) is 46.0 Å². The van der Waals surface area contributed by atoms with Gasteiger partial charge in [-0.3, -0.25) is 29.2 Å². The Balaban J connectivity index is 5.55. The van der Waals surface area contributed by atoms with E-state index in [0.29, 0.717) is 6.42 Å². The van der Waals surface area contributed by atoms with Crippen LogP contribution in [0, 0.1) is 5.92 Å². The van der Waals surface area contributed by atoms with Gasteiger partial charge in [0.15, 0.2) is 11.9 Å². The summed E-state index contributed by atoms with van der Waals surface area (Å²) in [6.45, 7) is 3.50. The molecule has 15 N–H and O–H groups in total. The van der Waals surface area contributed by atoms with Gasteiger partial charge in [0, 0.05) is 13.1 Å². The summed E-state index contributed by atoms with van der Waals surface area (Å²) in [7, 11) is 0. The van der Waals surface area contributed by atoms with Crippen LogP contribution < -0.4 is 44.6 Å². The Hall–Kier alpha value is -4.15. The summed E-state index contributed by atoms with van der Waals surface area (Å²) >= 11 is 0. The maximum atomic E-state index is 12.9. The van der Waals surface area contributed by atoms with Crippen molar-refractivity contribution < 1.29 is 34.2 Å². The number of carbonyl (C=O) groups excluding carboxylic acids is 3. The Labute approximate surface area is 220 Å². The van der Waals surface area contributed by atoms with E-state index >= 15 is 0 Å². The zero-order chi connectivity index (χ0) is 29.4. The third-order valence-electron chi connectivity index (χ3n) is 5.12.